The summed E-state index contributed by atoms with van der Waals surface area (Å²) < 4.78 is 5.35. The third-order valence-electron chi connectivity index (χ3n) is 2.16. The first-order valence-electron chi connectivity index (χ1n) is 4.10. The largest absolute Gasteiger partial charge is 0.423 e. The van der Waals surface area contributed by atoms with E-state index in [0.717, 1.165) is 5.69 Å². The quantitative estimate of drug-likeness (QED) is 0.648. The lowest BCUT2D eigenvalue weighted by Gasteiger charge is -2.07. The van der Waals surface area contributed by atoms with E-state index in [9.17, 15) is 4.79 Å². The summed E-state index contributed by atoms with van der Waals surface area (Å²) >= 11 is 5.84. The molecule has 0 aliphatic carbocycles. The number of hydrogen-bond donors (Lipinski definition) is 0. The number of halogens is 1. The molecule has 2 heterocycles. The third-order valence-corrected chi connectivity index (χ3v) is 2.39. The molecular weight excluding hydrogens is 204 g/mol. The Labute approximate surface area is 84.7 Å². The van der Waals surface area contributed by atoms with Gasteiger partial charge in [0.1, 0.15) is 6.54 Å². The normalized spacial score (nSPS) is 17.6. The first-order chi connectivity index (χ1) is 6.74. The van der Waals surface area contributed by atoms with E-state index in [0.29, 0.717) is 16.8 Å². The molecule has 1 aromatic carbocycles. The predicted molar refractivity (Wildman–Crippen MR) is 51.9 cm³/mol. The minimum Gasteiger partial charge on any atom is -0.423 e. The van der Waals surface area contributed by atoms with Crippen molar-refractivity contribution >= 4 is 29.2 Å². The van der Waals surface area contributed by atoms with Gasteiger partial charge in [-0.15, -0.1) is 0 Å². The topological polar surface area (TPSA) is 41.9 Å². The van der Waals surface area contributed by atoms with Crippen molar-refractivity contribution in [2.75, 3.05) is 11.4 Å². The molecular formula is C9H5ClN2O2. The molecule has 1 amide bonds. The van der Waals surface area contributed by atoms with Gasteiger partial charge in [0.15, 0.2) is 5.75 Å². The summed E-state index contributed by atoms with van der Waals surface area (Å²) in [5, 5.41) is 0.618. The van der Waals surface area contributed by atoms with Gasteiger partial charge < -0.3 is 4.74 Å². The second kappa shape index (κ2) is 2.48. The fourth-order valence-electron chi connectivity index (χ4n) is 1.56. The second-order valence-corrected chi connectivity index (χ2v) is 3.52. The van der Waals surface area contributed by atoms with Crippen molar-refractivity contribution in [1.82, 2.24) is 0 Å². The van der Waals surface area contributed by atoms with Crippen molar-refractivity contribution in [3.8, 4) is 5.75 Å². The SMILES string of the molecule is O=C1CN2C(=N1)Oc1ccc(Cl)cc12. The number of amides is 1. The van der Waals surface area contributed by atoms with Crippen molar-refractivity contribution in [2.24, 2.45) is 4.99 Å². The zero-order valence-electron chi connectivity index (χ0n) is 7.03. The van der Waals surface area contributed by atoms with Crippen LogP contribution in [0.25, 0.3) is 0 Å². The summed E-state index contributed by atoms with van der Waals surface area (Å²) in [7, 11) is 0. The molecule has 2 aliphatic heterocycles. The van der Waals surface area contributed by atoms with Gasteiger partial charge >= 0.3 is 6.02 Å². The van der Waals surface area contributed by atoms with E-state index in [1.54, 1.807) is 23.1 Å². The van der Waals surface area contributed by atoms with Gasteiger partial charge in [0.05, 0.1) is 5.69 Å². The lowest BCUT2D eigenvalue weighted by Crippen LogP contribution is -2.25. The van der Waals surface area contributed by atoms with Crippen LogP contribution in [0.1, 0.15) is 0 Å². The van der Waals surface area contributed by atoms with Crippen LogP contribution in [0.2, 0.25) is 5.02 Å². The first kappa shape index (κ1) is 7.82. The summed E-state index contributed by atoms with van der Waals surface area (Å²) in [6.45, 7) is 0.239. The van der Waals surface area contributed by atoms with Crippen LogP contribution in [-0.2, 0) is 4.79 Å². The van der Waals surface area contributed by atoms with Gasteiger partial charge in [0.25, 0.3) is 5.91 Å². The smallest absolute Gasteiger partial charge is 0.306 e. The Kier molecular flexibility index (Phi) is 1.39. The number of ether oxygens (including phenoxy) is 1. The van der Waals surface area contributed by atoms with Gasteiger partial charge in [-0.25, -0.2) is 0 Å². The molecule has 0 spiro atoms. The van der Waals surface area contributed by atoms with Crippen LogP contribution in [0.5, 0.6) is 5.75 Å². The molecule has 3 rings (SSSR count). The van der Waals surface area contributed by atoms with E-state index in [2.05, 4.69) is 4.99 Å². The molecule has 0 atom stereocenters. The number of aliphatic imine (C=N–C) groups is 1. The minimum absolute atomic E-state index is 0.189. The Morgan fingerprint density at radius 2 is 2.36 bits per heavy atom. The number of anilines is 1. The van der Waals surface area contributed by atoms with Crippen LogP contribution < -0.4 is 9.64 Å². The monoisotopic (exact) mass is 208 g/mol. The number of amidine groups is 1. The van der Waals surface area contributed by atoms with Crippen LogP contribution in [0.3, 0.4) is 0 Å². The van der Waals surface area contributed by atoms with Gasteiger partial charge in [-0.3, -0.25) is 9.69 Å². The summed E-state index contributed by atoms with van der Waals surface area (Å²) in [5.74, 6) is 0.506. The fourth-order valence-corrected chi connectivity index (χ4v) is 1.72. The van der Waals surface area contributed by atoms with E-state index >= 15 is 0 Å². The molecule has 70 valence electrons. The lowest BCUT2D eigenvalue weighted by atomic mass is 10.3. The Bertz CT molecular complexity index is 470. The van der Waals surface area contributed by atoms with Gasteiger partial charge in [-0.05, 0) is 18.2 Å². The van der Waals surface area contributed by atoms with E-state index < -0.39 is 0 Å². The number of fused-ring (bicyclic) bond motifs is 3. The predicted octanol–water partition coefficient (Wildman–Crippen LogP) is 1.44. The van der Waals surface area contributed by atoms with E-state index in [1.165, 1.54) is 0 Å². The molecule has 0 N–H and O–H groups in total. The summed E-state index contributed by atoms with van der Waals surface area (Å²) in [5.41, 5.74) is 0.808. The van der Waals surface area contributed by atoms with Crippen molar-refractivity contribution in [3.05, 3.63) is 23.2 Å². The van der Waals surface area contributed by atoms with Crippen LogP contribution in [0.15, 0.2) is 23.2 Å². The maximum Gasteiger partial charge on any atom is 0.306 e. The maximum absolute atomic E-state index is 11.0. The molecule has 0 radical (unpaired) electrons. The Morgan fingerprint density at radius 1 is 1.50 bits per heavy atom. The third kappa shape index (κ3) is 0.943. The van der Waals surface area contributed by atoms with Gasteiger partial charge in [0.2, 0.25) is 0 Å². The number of benzene rings is 1. The van der Waals surface area contributed by atoms with E-state index in [-0.39, 0.29) is 12.5 Å². The second-order valence-electron chi connectivity index (χ2n) is 3.09. The Balaban J connectivity index is 2.14. The van der Waals surface area contributed by atoms with Gasteiger partial charge in [-0.1, -0.05) is 11.6 Å². The van der Waals surface area contributed by atoms with Crippen LogP contribution in [0.4, 0.5) is 5.69 Å². The molecule has 2 aliphatic rings. The van der Waals surface area contributed by atoms with Crippen molar-refractivity contribution < 1.29 is 9.53 Å². The molecule has 14 heavy (non-hydrogen) atoms. The van der Waals surface area contributed by atoms with Crippen molar-refractivity contribution in [3.63, 3.8) is 0 Å². The molecule has 0 fully saturated rings. The number of hydrogen-bond acceptors (Lipinski definition) is 3. The summed E-state index contributed by atoms with van der Waals surface area (Å²) in [6, 6.07) is 5.62. The molecule has 4 nitrogen and oxygen atoms in total. The fraction of sp³-hybridized carbons (Fsp3) is 0.111. The number of nitrogens with zero attached hydrogens (tertiary/aromatic N) is 2. The van der Waals surface area contributed by atoms with E-state index in [1.807, 2.05) is 0 Å². The minimum atomic E-state index is -0.189. The number of carbonyl (C=O) groups excluding carboxylic acids is 1. The van der Waals surface area contributed by atoms with Crippen LogP contribution in [0, 0.1) is 0 Å². The molecule has 0 unspecified atom stereocenters. The lowest BCUT2D eigenvalue weighted by molar-refractivity contribution is -0.115. The average molecular weight is 209 g/mol. The zero-order valence-corrected chi connectivity index (χ0v) is 7.78. The van der Waals surface area contributed by atoms with Crippen molar-refractivity contribution in [1.29, 1.82) is 0 Å². The standard InChI is InChI=1S/C9H5ClN2O2/c10-5-1-2-7-6(3-5)12-4-8(13)11-9(12)14-7/h1-3H,4H2. The van der Waals surface area contributed by atoms with Crippen molar-refractivity contribution in [2.45, 2.75) is 0 Å². The average Bonchev–Trinajstić information content (AvgIpc) is 2.62. The number of carbonyl (C=O) groups is 1. The van der Waals surface area contributed by atoms with Crippen LogP contribution in [-0.4, -0.2) is 18.5 Å². The molecule has 0 saturated carbocycles. The highest BCUT2D eigenvalue weighted by Gasteiger charge is 2.34. The molecule has 0 bridgehead atoms. The zero-order chi connectivity index (χ0) is 9.71. The Morgan fingerprint density at radius 3 is 3.21 bits per heavy atom. The maximum atomic E-state index is 11.0. The highest BCUT2D eigenvalue weighted by molar-refractivity contribution is 6.31. The molecule has 1 aromatic rings. The highest BCUT2D eigenvalue weighted by atomic mass is 35.5. The highest BCUT2D eigenvalue weighted by Crippen LogP contribution is 2.38. The molecule has 5 heteroatoms. The van der Waals surface area contributed by atoms with Gasteiger partial charge in [0, 0.05) is 5.02 Å². The van der Waals surface area contributed by atoms with Gasteiger partial charge in [-0.2, -0.15) is 4.99 Å². The molecule has 0 aromatic heterocycles. The number of rotatable bonds is 0. The molecule has 0 saturated heterocycles. The Hall–Kier alpha value is -1.55. The first-order valence-corrected chi connectivity index (χ1v) is 4.48. The summed E-state index contributed by atoms with van der Waals surface area (Å²) in [4.78, 5) is 16.5. The summed E-state index contributed by atoms with van der Waals surface area (Å²) in [6.07, 6.45) is 0. The van der Waals surface area contributed by atoms with Crippen LogP contribution >= 0.6 is 11.6 Å². The van der Waals surface area contributed by atoms with E-state index in [4.69, 9.17) is 16.3 Å².